The molecule has 0 aromatic heterocycles. The molecule has 0 rings (SSSR count). The van der Waals surface area contributed by atoms with E-state index in [1.165, 1.54) is 0 Å². The van der Waals surface area contributed by atoms with E-state index in [1.807, 2.05) is 13.8 Å². The summed E-state index contributed by atoms with van der Waals surface area (Å²) in [5.74, 6) is 0.00463. The van der Waals surface area contributed by atoms with Crippen molar-refractivity contribution >= 4 is 5.91 Å². The average molecular weight is 130 g/mol. The van der Waals surface area contributed by atoms with Gasteiger partial charge in [0.05, 0.1) is 5.54 Å². The second kappa shape index (κ2) is 2.82. The molecule has 0 saturated heterocycles. The Bertz CT molecular complexity index is 110. The Labute approximate surface area is 55.8 Å². The Morgan fingerprint density at radius 1 is 1.33 bits per heavy atom. The lowest BCUT2D eigenvalue weighted by Crippen LogP contribution is -2.49. The Hall–Kier alpha value is -0.570. The molecule has 2 N–H and O–H groups in total. The lowest BCUT2D eigenvalue weighted by molar-refractivity contribution is -0.125. The molecule has 0 radical (unpaired) electrons. The van der Waals surface area contributed by atoms with Gasteiger partial charge in [-0.1, -0.05) is 0 Å². The highest BCUT2D eigenvalue weighted by Gasteiger charge is 2.22. The highest BCUT2D eigenvalue weighted by Crippen LogP contribution is 1.98. The molecule has 0 aromatic carbocycles. The van der Waals surface area contributed by atoms with Crippen LogP contribution in [0.2, 0.25) is 0 Å². The molecule has 0 saturated carbocycles. The highest BCUT2D eigenvalue weighted by molar-refractivity contribution is 5.84. The van der Waals surface area contributed by atoms with E-state index < -0.39 is 5.54 Å². The Morgan fingerprint density at radius 3 is 1.89 bits per heavy atom. The monoisotopic (exact) mass is 130 g/mol. The zero-order valence-electron chi connectivity index (χ0n) is 6.41. The van der Waals surface area contributed by atoms with E-state index in [0.29, 0.717) is 0 Å². The second-order valence-corrected chi connectivity index (χ2v) is 2.45. The molecule has 0 heterocycles. The average Bonchev–Trinajstić information content (AvgIpc) is 1.86. The fourth-order valence-electron chi connectivity index (χ4n) is 0.426. The van der Waals surface area contributed by atoms with Crippen LogP contribution in [0.3, 0.4) is 0 Å². The van der Waals surface area contributed by atoms with Gasteiger partial charge < -0.3 is 10.6 Å². The molecule has 3 nitrogen and oxygen atoms in total. The summed E-state index contributed by atoms with van der Waals surface area (Å²) >= 11 is 0. The fraction of sp³-hybridized carbons (Fsp3) is 0.833. The normalized spacial score (nSPS) is 11.1. The molecule has 3 heteroatoms. The van der Waals surface area contributed by atoms with Gasteiger partial charge in [-0.05, 0) is 20.9 Å². The molecular formula is C6H14N2O. The first-order valence-corrected chi connectivity index (χ1v) is 2.95. The number of likely N-dealkylation sites (N-methyl/N-ethyl adjacent to an activating group) is 2. The first kappa shape index (κ1) is 8.43. The summed E-state index contributed by atoms with van der Waals surface area (Å²) in [5.41, 5.74) is -0.450. The molecule has 0 aliphatic carbocycles. The highest BCUT2D eigenvalue weighted by atomic mass is 16.2. The molecule has 1 amide bonds. The smallest absolute Gasteiger partial charge is 0.239 e. The van der Waals surface area contributed by atoms with Gasteiger partial charge in [-0.25, -0.2) is 0 Å². The van der Waals surface area contributed by atoms with Crippen LogP contribution in [0.1, 0.15) is 13.8 Å². The van der Waals surface area contributed by atoms with Gasteiger partial charge in [0, 0.05) is 7.05 Å². The lowest BCUT2D eigenvalue weighted by Gasteiger charge is -2.20. The number of hydrogen-bond donors (Lipinski definition) is 2. The Kier molecular flexibility index (Phi) is 2.65. The van der Waals surface area contributed by atoms with Crippen molar-refractivity contribution in [2.75, 3.05) is 14.1 Å². The van der Waals surface area contributed by atoms with Gasteiger partial charge in [-0.3, -0.25) is 4.79 Å². The number of hydrogen-bond acceptors (Lipinski definition) is 2. The minimum Gasteiger partial charge on any atom is -0.358 e. The molecule has 0 aliphatic heterocycles. The van der Waals surface area contributed by atoms with Gasteiger partial charge in [0.1, 0.15) is 0 Å². The summed E-state index contributed by atoms with van der Waals surface area (Å²) in [6.07, 6.45) is 0. The van der Waals surface area contributed by atoms with Gasteiger partial charge in [-0.15, -0.1) is 0 Å². The van der Waals surface area contributed by atoms with E-state index in [4.69, 9.17) is 0 Å². The molecular weight excluding hydrogens is 116 g/mol. The first-order chi connectivity index (χ1) is 4.04. The summed E-state index contributed by atoms with van der Waals surface area (Å²) in [6, 6.07) is 0. The van der Waals surface area contributed by atoms with Gasteiger partial charge >= 0.3 is 0 Å². The first-order valence-electron chi connectivity index (χ1n) is 2.95. The maximum absolute atomic E-state index is 10.9. The Morgan fingerprint density at radius 2 is 1.78 bits per heavy atom. The molecule has 0 bridgehead atoms. The number of rotatable bonds is 2. The SMILES string of the molecule is CNC(=O)C(C)(C)NC. The topological polar surface area (TPSA) is 41.1 Å². The number of carbonyl (C=O) groups excluding carboxylic acids is 1. The van der Waals surface area contributed by atoms with Gasteiger partial charge in [0.15, 0.2) is 0 Å². The molecule has 9 heavy (non-hydrogen) atoms. The second-order valence-electron chi connectivity index (χ2n) is 2.45. The van der Waals surface area contributed by atoms with E-state index in [0.717, 1.165) is 0 Å². The van der Waals surface area contributed by atoms with Crippen LogP contribution in [-0.2, 0) is 4.79 Å². The maximum atomic E-state index is 10.9. The Balaban J connectivity index is 3.97. The van der Waals surface area contributed by atoms with Crippen LogP contribution in [0.5, 0.6) is 0 Å². The van der Waals surface area contributed by atoms with Crippen molar-refractivity contribution in [3.8, 4) is 0 Å². The van der Waals surface area contributed by atoms with Gasteiger partial charge in [0.25, 0.3) is 0 Å². The molecule has 0 aromatic rings. The number of nitrogens with one attached hydrogen (secondary N) is 2. The van der Waals surface area contributed by atoms with Crippen LogP contribution < -0.4 is 10.6 Å². The standard InChI is InChI=1S/C6H14N2O/c1-6(2,8-4)5(9)7-3/h8H,1-4H3,(H,7,9). The number of carbonyl (C=O) groups is 1. The number of amides is 1. The fourth-order valence-corrected chi connectivity index (χ4v) is 0.426. The van der Waals surface area contributed by atoms with Crippen molar-refractivity contribution in [2.24, 2.45) is 0 Å². The molecule has 0 atom stereocenters. The van der Waals surface area contributed by atoms with Crippen molar-refractivity contribution in [1.82, 2.24) is 10.6 Å². The lowest BCUT2D eigenvalue weighted by atomic mass is 10.1. The van der Waals surface area contributed by atoms with Crippen LogP contribution >= 0.6 is 0 Å². The van der Waals surface area contributed by atoms with Crippen molar-refractivity contribution in [3.05, 3.63) is 0 Å². The van der Waals surface area contributed by atoms with E-state index in [1.54, 1.807) is 14.1 Å². The zero-order chi connectivity index (χ0) is 7.49. The van der Waals surface area contributed by atoms with Crippen LogP contribution in [0.15, 0.2) is 0 Å². The molecule has 54 valence electrons. The van der Waals surface area contributed by atoms with E-state index >= 15 is 0 Å². The van der Waals surface area contributed by atoms with Crippen LogP contribution in [0.4, 0.5) is 0 Å². The summed E-state index contributed by atoms with van der Waals surface area (Å²) in [6.45, 7) is 3.65. The third-order valence-electron chi connectivity index (χ3n) is 1.42. The molecule has 0 spiro atoms. The third-order valence-corrected chi connectivity index (χ3v) is 1.42. The van der Waals surface area contributed by atoms with Crippen molar-refractivity contribution in [1.29, 1.82) is 0 Å². The summed E-state index contributed by atoms with van der Waals surface area (Å²) in [5, 5.41) is 5.43. The van der Waals surface area contributed by atoms with Crippen LogP contribution in [0, 0.1) is 0 Å². The van der Waals surface area contributed by atoms with E-state index in [2.05, 4.69) is 10.6 Å². The quantitative estimate of drug-likeness (QED) is 0.540. The summed E-state index contributed by atoms with van der Waals surface area (Å²) < 4.78 is 0. The summed E-state index contributed by atoms with van der Waals surface area (Å²) in [7, 11) is 3.39. The third kappa shape index (κ3) is 2.01. The van der Waals surface area contributed by atoms with E-state index in [9.17, 15) is 4.79 Å². The minimum absolute atomic E-state index is 0.00463. The van der Waals surface area contributed by atoms with Crippen molar-refractivity contribution in [3.63, 3.8) is 0 Å². The minimum atomic E-state index is -0.450. The van der Waals surface area contributed by atoms with Gasteiger partial charge in [0.2, 0.25) is 5.91 Å². The van der Waals surface area contributed by atoms with Gasteiger partial charge in [-0.2, -0.15) is 0 Å². The maximum Gasteiger partial charge on any atom is 0.239 e. The van der Waals surface area contributed by atoms with Crippen LogP contribution in [0.25, 0.3) is 0 Å². The van der Waals surface area contributed by atoms with Crippen molar-refractivity contribution in [2.45, 2.75) is 19.4 Å². The largest absolute Gasteiger partial charge is 0.358 e. The molecule has 0 unspecified atom stereocenters. The molecule has 0 fully saturated rings. The predicted octanol–water partition coefficient (Wildman–Crippen LogP) is -0.270. The zero-order valence-corrected chi connectivity index (χ0v) is 6.41. The van der Waals surface area contributed by atoms with Crippen LogP contribution in [-0.4, -0.2) is 25.5 Å². The van der Waals surface area contributed by atoms with Crippen molar-refractivity contribution < 1.29 is 4.79 Å². The summed E-state index contributed by atoms with van der Waals surface area (Å²) in [4.78, 5) is 10.9. The molecule has 0 aliphatic rings. The van der Waals surface area contributed by atoms with E-state index in [-0.39, 0.29) is 5.91 Å². The predicted molar refractivity (Wildman–Crippen MR) is 37.2 cm³/mol.